The monoisotopic (exact) mass is 276 g/mol. The lowest BCUT2D eigenvalue weighted by atomic mass is 10.0. The third kappa shape index (κ3) is 6.87. The Labute approximate surface area is 116 Å². The van der Waals surface area contributed by atoms with Gasteiger partial charge in [0.15, 0.2) is 0 Å². The van der Waals surface area contributed by atoms with E-state index in [1.54, 1.807) is 14.2 Å². The lowest BCUT2D eigenvalue weighted by Gasteiger charge is -2.33. The standard InChI is InChI=1S/C13H28N2O4/c1-6-14-13(2,12(16)19-5)11-15(7-9-17-3)8-10-18-4/h14H,6-11H2,1-5H3. The molecule has 0 amide bonds. The number of nitrogens with zero attached hydrogens (tertiary/aromatic N) is 1. The summed E-state index contributed by atoms with van der Waals surface area (Å²) in [6, 6.07) is 0. The molecule has 0 spiro atoms. The Morgan fingerprint density at radius 2 is 1.68 bits per heavy atom. The summed E-state index contributed by atoms with van der Waals surface area (Å²) >= 11 is 0. The van der Waals surface area contributed by atoms with Gasteiger partial charge < -0.3 is 19.5 Å². The van der Waals surface area contributed by atoms with Gasteiger partial charge in [0.1, 0.15) is 5.54 Å². The van der Waals surface area contributed by atoms with Crippen LogP contribution in [0.4, 0.5) is 0 Å². The largest absolute Gasteiger partial charge is 0.468 e. The number of esters is 1. The first-order chi connectivity index (χ1) is 9.03. The number of nitrogens with one attached hydrogen (secondary N) is 1. The Kier molecular flexibility index (Phi) is 9.77. The Morgan fingerprint density at radius 1 is 1.16 bits per heavy atom. The molecule has 0 aromatic rings. The zero-order valence-electron chi connectivity index (χ0n) is 12.8. The molecule has 1 N–H and O–H groups in total. The van der Waals surface area contributed by atoms with Gasteiger partial charge in [0.25, 0.3) is 0 Å². The molecule has 0 heterocycles. The lowest BCUT2D eigenvalue weighted by molar-refractivity contribution is -0.148. The number of ether oxygens (including phenoxy) is 3. The van der Waals surface area contributed by atoms with Crippen LogP contribution in [0.1, 0.15) is 13.8 Å². The molecular formula is C13H28N2O4. The summed E-state index contributed by atoms with van der Waals surface area (Å²) in [5.74, 6) is -0.255. The molecule has 1 unspecified atom stereocenters. The number of carbonyl (C=O) groups excluding carboxylic acids is 1. The van der Waals surface area contributed by atoms with E-state index in [1.807, 2.05) is 13.8 Å². The molecular weight excluding hydrogens is 248 g/mol. The smallest absolute Gasteiger partial charge is 0.327 e. The fourth-order valence-electron chi connectivity index (χ4n) is 1.97. The molecule has 1 atom stereocenters. The predicted octanol–water partition coefficient (Wildman–Crippen LogP) is 0.122. The molecule has 0 fully saturated rings. The first kappa shape index (κ1) is 18.3. The van der Waals surface area contributed by atoms with E-state index in [-0.39, 0.29) is 5.97 Å². The second kappa shape index (κ2) is 10.1. The Hall–Kier alpha value is -0.690. The third-order valence-electron chi connectivity index (χ3n) is 2.97. The van der Waals surface area contributed by atoms with Crippen molar-refractivity contribution < 1.29 is 19.0 Å². The van der Waals surface area contributed by atoms with E-state index in [0.717, 1.165) is 13.1 Å². The van der Waals surface area contributed by atoms with Crippen LogP contribution in [0.25, 0.3) is 0 Å². The summed E-state index contributed by atoms with van der Waals surface area (Å²) in [6.45, 7) is 7.81. The minimum absolute atomic E-state index is 0.255. The van der Waals surface area contributed by atoms with E-state index in [2.05, 4.69) is 10.2 Å². The number of rotatable bonds is 11. The molecule has 114 valence electrons. The van der Waals surface area contributed by atoms with Gasteiger partial charge in [0.05, 0.1) is 20.3 Å². The summed E-state index contributed by atoms with van der Waals surface area (Å²) in [7, 11) is 4.74. The normalized spacial score (nSPS) is 14.4. The molecule has 0 radical (unpaired) electrons. The van der Waals surface area contributed by atoms with Crippen molar-refractivity contribution in [2.45, 2.75) is 19.4 Å². The maximum atomic E-state index is 11.9. The second-order valence-electron chi connectivity index (χ2n) is 4.62. The SMILES string of the molecule is CCNC(C)(CN(CCOC)CCOC)C(=O)OC. The van der Waals surface area contributed by atoms with Crippen LogP contribution < -0.4 is 5.32 Å². The zero-order valence-corrected chi connectivity index (χ0v) is 12.8. The Bertz CT molecular complexity index is 243. The fourth-order valence-corrected chi connectivity index (χ4v) is 1.97. The van der Waals surface area contributed by atoms with Crippen LogP contribution in [0.5, 0.6) is 0 Å². The maximum absolute atomic E-state index is 11.9. The highest BCUT2D eigenvalue weighted by Gasteiger charge is 2.35. The number of methoxy groups -OCH3 is 3. The topological polar surface area (TPSA) is 60.0 Å². The maximum Gasteiger partial charge on any atom is 0.327 e. The summed E-state index contributed by atoms with van der Waals surface area (Å²) < 4.78 is 15.1. The Morgan fingerprint density at radius 3 is 2.05 bits per heavy atom. The minimum Gasteiger partial charge on any atom is -0.468 e. The molecule has 0 aliphatic carbocycles. The summed E-state index contributed by atoms with van der Waals surface area (Å²) in [5, 5.41) is 3.20. The quantitative estimate of drug-likeness (QED) is 0.541. The Balaban J connectivity index is 4.65. The van der Waals surface area contributed by atoms with Gasteiger partial charge in [-0.1, -0.05) is 6.92 Å². The van der Waals surface area contributed by atoms with Gasteiger partial charge in [-0.25, -0.2) is 0 Å². The number of likely N-dealkylation sites (N-methyl/N-ethyl adjacent to an activating group) is 1. The van der Waals surface area contributed by atoms with Gasteiger partial charge in [-0.15, -0.1) is 0 Å². The van der Waals surface area contributed by atoms with Crippen molar-refractivity contribution in [1.29, 1.82) is 0 Å². The van der Waals surface area contributed by atoms with Crippen molar-refractivity contribution >= 4 is 5.97 Å². The molecule has 6 heteroatoms. The van der Waals surface area contributed by atoms with E-state index in [1.165, 1.54) is 7.11 Å². The number of hydrogen-bond acceptors (Lipinski definition) is 6. The fraction of sp³-hybridized carbons (Fsp3) is 0.923. The van der Waals surface area contributed by atoms with Crippen molar-refractivity contribution in [2.75, 3.05) is 60.7 Å². The van der Waals surface area contributed by atoms with Crippen LogP contribution >= 0.6 is 0 Å². The summed E-state index contributed by atoms with van der Waals surface area (Å²) in [6.07, 6.45) is 0. The molecule has 0 saturated heterocycles. The third-order valence-corrected chi connectivity index (χ3v) is 2.97. The summed E-state index contributed by atoms with van der Waals surface area (Å²) in [4.78, 5) is 14.1. The lowest BCUT2D eigenvalue weighted by Crippen LogP contribution is -2.58. The van der Waals surface area contributed by atoms with Crippen molar-refractivity contribution in [2.24, 2.45) is 0 Å². The molecule has 0 rings (SSSR count). The van der Waals surface area contributed by atoms with Gasteiger partial charge in [0, 0.05) is 33.9 Å². The van der Waals surface area contributed by atoms with E-state index in [4.69, 9.17) is 14.2 Å². The molecule has 19 heavy (non-hydrogen) atoms. The van der Waals surface area contributed by atoms with E-state index in [0.29, 0.717) is 26.3 Å². The zero-order chi connectivity index (χ0) is 14.7. The van der Waals surface area contributed by atoms with Crippen LogP contribution in [-0.2, 0) is 19.0 Å². The van der Waals surface area contributed by atoms with E-state index in [9.17, 15) is 4.79 Å². The van der Waals surface area contributed by atoms with Crippen LogP contribution in [0.15, 0.2) is 0 Å². The van der Waals surface area contributed by atoms with Crippen molar-refractivity contribution in [1.82, 2.24) is 10.2 Å². The first-order valence-electron chi connectivity index (χ1n) is 6.57. The van der Waals surface area contributed by atoms with Gasteiger partial charge in [0.2, 0.25) is 0 Å². The van der Waals surface area contributed by atoms with Gasteiger partial charge >= 0.3 is 5.97 Å². The van der Waals surface area contributed by atoms with Crippen LogP contribution in [0.3, 0.4) is 0 Å². The van der Waals surface area contributed by atoms with Gasteiger partial charge in [-0.05, 0) is 13.5 Å². The van der Waals surface area contributed by atoms with Crippen LogP contribution in [0.2, 0.25) is 0 Å². The van der Waals surface area contributed by atoms with Gasteiger partial charge in [-0.3, -0.25) is 9.69 Å². The second-order valence-corrected chi connectivity index (χ2v) is 4.62. The highest BCUT2D eigenvalue weighted by molar-refractivity contribution is 5.80. The first-order valence-corrected chi connectivity index (χ1v) is 6.57. The van der Waals surface area contributed by atoms with Crippen molar-refractivity contribution in [3.05, 3.63) is 0 Å². The van der Waals surface area contributed by atoms with Gasteiger partial charge in [-0.2, -0.15) is 0 Å². The minimum atomic E-state index is -0.717. The average Bonchev–Trinajstić information content (AvgIpc) is 2.41. The molecule has 0 aliphatic rings. The van der Waals surface area contributed by atoms with Crippen LogP contribution in [0, 0.1) is 0 Å². The van der Waals surface area contributed by atoms with E-state index >= 15 is 0 Å². The molecule has 0 saturated carbocycles. The van der Waals surface area contributed by atoms with E-state index < -0.39 is 5.54 Å². The number of carbonyl (C=O) groups is 1. The molecule has 6 nitrogen and oxygen atoms in total. The van der Waals surface area contributed by atoms with Crippen molar-refractivity contribution in [3.63, 3.8) is 0 Å². The predicted molar refractivity (Wildman–Crippen MR) is 74.3 cm³/mol. The molecule has 0 aromatic carbocycles. The van der Waals surface area contributed by atoms with Crippen LogP contribution in [-0.4, -0.2) is 77.1 Å². The summed E-state index contributed by atoms with van der Waals surface area (Å²) in [5.41, 5.74) is -0.717. The number of hydrogen-bond donors (Lipinski definition) is 1. The average molecular weight is 276 g/mol. The molecule has 0 aromatic heterocycles. The highest BCUT2D eigenvalue weighted by Crippen LogP contribution is 2.09. The molecule has 0 aliphatic heterocycles. The highest BCUT2D eigenvalue weighted by atomic mass is 16.5. The molecule has 0 bridgehead atoms. The van der Waals surface area contributed by atoms with Crippen molar-refractivity contribution in [3.8, 4) is 0 Å².